The number of carbonyl (C=O) groups is 1. The predicted molar refractivity (Wildman–Crippen MR) is 178 cm³/mol. The molecule has 4 aromatic carbocycles. The van der Waals surface area contributed by atoms with Crippen LogP contribution in [0.3, 0.4) is 0 Å². The third kappa shape index (κ3) is 6.50. The molecule has 0 aliphatic rings. The van der Waals surface area contributed by atoms with E-state index in [1.807, 2.05) is 72.8 Å². The average Bonchev–Trinajstić information content (AvgIpc) is 3.62. The van der Waals surface area contributed by atoms with E-state index in [4.69, 9.17) is 9.84 Å². The molecule has 47 heavy (non-hydrogen) atoms. The van der Waals surface area contributed by atoms with Crippen LogP contribution in [-0.4, -0.2) is 25.1 Å². The SMILES string of the molecule is Cc1c(NC(=O)C(C#N)=Cc2cn(-c3ccccc3)nc2-c2cccc(OCc3ccc(F)cc3)c2)c(=O)n(-c2ccccc2)n1C. The number of nitriles is 1. The van der Waals surface area contributed by atoms with E-state index in [9.17, 15) is 19.2 Å². The molecule has 0 fully saturated rings. The average molecular weight is 625 g/mol. The first-order valence-electron chi connectivity index (χ1n) is 14.7. The lowest BCUT2D eigenvalue weighted by molar-refractivity contribution is -0.112. The number of hydrogen-bond acceptors (Lipinski definition) is 5. The maximum atomic E-state index is 13.5. The van der Waals surface area contributed by atoms with Crippen LogP contribution in [0.15, 0.2) is 126 Å². The minimum Gasteiger partial charge on any atom is -0.489 e. The number of carbonyl (C=O) groups excluding carboxylic acids is 1. The molecule has 0 radical (unpaired) electrons. The second kappa shape index (κ2) is 13.3. The first-order chi connectivity index (χ1) is 22.8. The number of para-hydroxylation sites is 2. The van der Waals surface area contributed by atoms with Crippen LogP contribution in [0.4, 0.5) is 10.1 Å². The highest BCUT2D eigenvalue weighted by Gasteiger charge is 2.21. The summed E-state index contributed by atoms with van der Waals surface area (Å²) in [6.45, 7) is 1.96. The summed E-state index contributed by atoms with van der Waals surface area (Å²) in [7, 11) is 1.72. The molecule has 6 rings (SSSR count). The molecule has 0 aliphatic heterocycles. The Hall–Kier alpha value is -6.47. The van der Waals surface area contributed by atoms with Gasteiger partial charge in [0.1, 0.15) is 41.2 Å². The Morgan fingerprint density at radius 2 is 1.64 bits per heavy atom. The van der Waals surface area contributed by atoms with Gasteiger partial charge < -0.3 is 10.1 Å². The van der Waals surface area contributed by atoms with Crippen LogP contribution in [0.1, 0.15) is 16.8 Å². The van der Waals surface area contributed by atoms with Gasteiger partial charge in [0.2, 0.25) is 0 Å². The first-order valence-corrected chi connectivity index (χ1v) is 14.7. The normalized spacial score (nSPS) is 11.2. The largest absolute Gasteiger partial charge is 0.489 e. The standard InChI is InChI=1S/C37H29FN6O3/c1-25-34(37(46)44(42(25)2)32-13-7-4-8-14-32)40-36(45)28(22-39)20-29-23-43(31-11-5-3-6-12-31)41-35(29)27-10-9-15-33(21-27)47-24-26-16-18-30(38)19-17-26/h3-21,23H,24H2,1-2H3,(H,40,45). The van der Waals surface area contributed by atoms with Crippen molar-refractivity contribution in [1.29, 1.82) is 5.26 Å². The van der Waals surface area contributed by atoms with E-state index in [-0.39, 0.29) is 23.7 Å². The number of hydrogen-bond donors (Lipinski definition) is 1. The number of halogens is 1. The number of nitrogens with zero attached hydrogens (tertiary/aromatic N) is 5. The molecule has 6 aromatic rings. The lowest BCUT2D eigenvalue weighted by atomic mass is 10.1. The lowest BCUT2D eigenvalue weighted by Crippen LogP contribution is -2.23. The van der Waals surface area contributed by atoms with Gasteiger partial charge in [-0.2, -0.15) is 10.4 Å². The van der Waals surface area contributed by atoms with Crippen LogP contribution in [0, 0.1) is 24.1 Å². The summed E-state index contributed by atoms with van der Waals surface area (Å²) in [6, 6.07) is 33.9. The van der Waals surface area contributed by atoms with Crippen LogP contribution < -0.4 is 15.6 Å². The third-order valence-electron chi connectivity index (χ3n) is 7.65. The Morgan fingerprint density at radius 3 is 2.32 bits per heavy atom. The molecule has 232 valence electrons. The fourth-order valence-corrected chi connectivity index (χ4v) is 5.11. The third-order valence-corrected chi connectivity index (χ3v) is 7.65. The zero-order chi connectivity index (χ0) is 32.9. The minimum absolute atomic E-state index is 0.0775. The lowest BCUT2D eigenvalue weighted by Gasteiger charge is -2.08. The van der Waals surface area contributed by atoms with Crippen LogP contribution in [0.2, 0.25) is 0 Å². The van der Waals surface area contributed by atoms with Gasteiger partial charge in [-0.15, -0.1) is 0 Å². The molecule has 0 unspecified atom stereocenters. The second-order valence-corrected chi connectivity index (χ2v) is 10.7. The van der Waals surface area contributed by atoms with Crippen molar-refractivity contribution < 1.29 is 13.9 Å². The van der Waals surface area contributed by atoms with Crippen molar-refractivity contribution >= 4 is 17.7 Å². The Labute approximate surface area is 270 Å². The van der Waals surface area contributed by atoms with Crippen molar-refractivity contribution in [3.63, 3.8) is 0 Å². The summed E-state index contributed by atoms with van der Waals surface area (Å²) < 4.78 is 24.1. The number of amides is 1. The van der Waals surface area contributed by atoms with E-state index in [2.05, 4.69) is 5.32 Å². The van der Waals surface area contributed by atoms with Gasteiger partial charge in [0.15, 0.2) is 0 Å². The first kappa shape index (κ1) is 30.6. The summed E-state index contributed by atoms with van der Waals surface area (Å²) in [5.74, 6) is -0.490. The minimum atomic E-state index is -0.728. The number of benzene rings is 4. The number of nitrogens with one attached hydrogen (secondary N) is 1. The van der Waals surface area contributed by atoms with Crippen molar-refractivity contribution in [3.8, 4) is 34.5 Å². The smallest absolute Gasteiger partial charge is 0.295 e. The molecule has 2 heterocycles. The van der Waals surface area contributed by atoms with Gasteiger partial charge in [-0.25, -0.2) is 13.8 Å². The molecule has 9 nitrogen and oxygen atoms in total. The molecule has 1 amide bonds. The van der Waals surface area contributed by atoms with Crippen molar-refractivity contribution in [1.82, 2.24) is 19.1 Å². The maximum absolute atomic E-state index is 13.5. The highest BCUT2D eigenvalue weighted by molar-refractivity contribution is 6.10. The van der Waals surface area contributed by atoms with Gasteiger partial charge in [0.05, 0.1) is 17.1 Å². The topological polar surface area (TPSA) is 107 Å². The maximum Gasteiger partial charge on any atom is 0.295 e. The van der Waals surface area contributed by atoms with Gasteiger partial charge in [-0.05, 0) is 67.1 Å². The quantitative estimate of drug-likeness (QED) is 0.144. The zero-order valence-electron chi connectivity index (χ0n) is 25.6. The Morgan fingerprint density at radius 1 is 0.957 bits per heavy atom. The van der Waals surface area contributed by atoms with Gasteiger partial charge in [-0.3, -0.25) is 14.3 Å². The van der Waals surface area contributed by atoms with Crippen molar-refractivity contribution in [3.05, 3.63) is 154 Å². The molecular formula is C37H29FN6O3. The summed E-state index contributed by atoms with van der Waals surface area (Å²) in [5, 5.41) is 17.6. The van der Waals surface area contributed by atoms with Crippen molar-refractivity contribution in [2.75, 3.05) is 5.32 Å². The summed E-state index contributed by atoms with van der Waals surface area (Å²) in [5.41, 5.74) is 3.89. The Bertz CT molecular complexity index is 2190. The van der Waals surface area contributed by atoms with E-state index in [1.54, 1.807) is 59.9 Å². The molecule has 2 aromatic heterocycles. The van der Waals surface area contributed by atoms with E-state index < -0.39 is 11.5 Å². The Balaban J connectivity index is 1.34. The predicted octanol–water partition coefficient (Wildman–Crippen LogP) is 6.60. The summed E-state index contributed by atoms with van der Waals surface area (Å²) >= 11 is 0. The Kier molecular flexibility index (Phi) is 8.62. The van der Waals surface area contributed by atoms with Gasteiger partial charge in [-0.1, -0.05) is 60.7 Å². The molecule has 0 saturated heterocycles. The monoisotopic (exact) mass is 624 g/mol. The molecule has 0 atom stereocenters. The van der Waals surface area contributed by atoms with E-state index in [0.717, 1.165) is 11.3 Å². The highest BCUT2D eigenvalue weighted by Crippen LogP contribution is 2.29. The van der Waals surface area contributed by atoms with E-state index >= 15 is 0 Å². The summed E-state index contributed by atoms with van der Waals surface area (Å²) in [4.78, 5) is 26.9. The zero-order valence-corrected chi connectivity index (χ0v) is 25.6. The molecule has 0 saturated carbocycles. The van der Waals surface area contributed by atoms with Gasteiger partial charge in [0.25, 0.3) is 11.5 Å². The highest BCUT2D eigenvalue weighted by atomic mass is 19.1. The number of rotatable bonds is 9. The van der Waals surface area contributed by atoms with Crippen LogP contribution in [-0.2, 0) is 18.4 Å². The van der Waals surface area contributed by atoms with Crippen molar-refractivity contribution in [2.45, 2.75) is 13.5 Å². The second-order valence-electron chi connectivity index (χ2n) is 10.7. The van der Waals surface area contributed by atoms with Crippen LogP contribution >= 0.6 is 0 Å². The summed E-state index contributed by atoms with van der Waals surface area (Å²) in [6.07, 6.45) is 3.19. The number of ether oxygens (including phenoxy) is 1. The van der Waals surface area contributed by atoms with Gasteiger partial charge in [0, 0.05) is 24.4 Å². The van der Waals surface area contributed by atoms with Crippen LogP contribution in [0.25, 0.3) is 28.7 Å². The van der Waals surface area contributed by atoms with E-state index in [1.165, 1.54) is 22.9 Å². The fraction of sp³-hybridized carbons (Fsp3) is 0.0811. The molecule has 0 spiro atoms. The number of aromatic nitrogens is 4. The van der Waals surface area contributed by atoms with Gasteiger partial charge >= 0.3 is 0 Å². The molecule has 0 aliphatic carbocycles. The fourth-order valence-electron chi connectivity index (χ4n) is 5.11. The molecule has 0 bridgehead atoms. The molecule has 1 N–H and O–H groups in total. The van der Waals surface area contributed by atoms with Crippen LogP contribution in [0.5, 0.6) is 5.75 Å². The van der Waals surface area contributed by atoms with Crippen molar-refractivity contribution in [2.24, 2.45) is 7.05 Å². The molecular weight excluding hydrogens is 595 g/mol. The number of anilines is 1. The van der Waals surface area contributed by atoms with E-state index in [0.29, 0.717) is 34.0 Å². The molecule has 10 heteroatoms.